The third-order valence-corrected chi connectivity index (χ3v) is 4.03. The molecule has 0 saturated carbocycles. The molecule has 0 aliphatic rings. The van der Waals surface area contributed by atoms with Crippen LogP contribution in [0.5, 0.6) is 0 Å². The van der Waals surface area contributed by atoms with E-state index in [1.165, 1.54) is 0 Å². The molecule has 0 atom stereocenters. The van der Waals surface area contributed by atoms with E-state index >= 15 is 0 Å². The second-order valence-corrected chi connectivity index (χ2v) is 6.11. The van der Waals surface area contributed by atoms with Crippen LogP contribution in [0.1, 0.15) is 0 Å². The first-order valence-corrected chi connectivity index (χ1v) is 8.03. The maximum atomic E-state index is 5.94. The van der Waals surface area contributed by atoms with Gasteiger partial charge in [-0.15, -0.1) is 11.8 Å². The van der Waals surface area contributed by atoms with Crippen molar-refractivity contribution in [2.75, 3.05) is 11.1 Å². The second kappa shape index (κ2) is 8.02. The number of hydrogen-bond acceptors (Lipinski definition) is 2. The Morgan fingerprint density at radius 3 is 2.48 bits per heavy atom. The molecule has 0 fully saturated rings. The van der Waals surface area contributed by atoms with Crippen molar-refractivity contribution in [3.05, 3.63) is 59.6 Å². The summed E-state index contributed by atoms with van der Waals surface area (Å²) in [6.45, 7) is 0. The van der Waals surface area contributed by atoms with E-state index < -0.39 is 0 Å². The Bertz CT molecular complexity index is 627. The van der Waals surface area contributed by atoms with Crippen molar-refractivity contribution >= 4 is 52.2 Å². The number of para-hydroxylation sites is 1. The standard InChI is InChI=1S/C15H14ClN3S2/c16-11-6-8-13(9-7-11)21-10-14(17)19-15(20)18-12-4-2-1-3-5-12/h1-9H,10H2,(H3,17,18,19,20)/p+1. The molecule has 2 rings (SSSR count). The van der Waals surface area contributed by atoms with Crippen LogP contribution in [0.25, 0.3) is 0 Å². The maximum absolute atomic E-state index is 5.94. The Balaban J connectivity index is 1.85. The molecule has 0 spiro atoms. The van der Waals surface area contributed by atoms with Crippen LogP contribution in [0, 0.1) is 0 Å². The summed E-state index contributed by atoms with van der Waals surface area (Å²) in [7, 11) is 0. The van der Waals surface area contributed by atoms with Gasteiger partial charge in [-0.25, -0.2) is 4.99 Å². The predicted octanol–water partition coefficient (Wildman–Crippen LogP) is 2.27. The van der Waals surface area contributed by atoms with Crippen LogP contribution in [0.4, 0.5) is 5.69 Å². The Hall–Kier alpha value is -1.56. The van der Waals surface area contributed by atoms with Gasteiger partial charge in [0.25, 0.3) is 5.11 Å². The van der Waals surface area contributed by atoms with E-state index in [4.69, 9.17) is 29.6 Å². The molecular formula is C15H15ClN3S2+. The molecule has 2 aromatic carbocycles. The number of rotatable bonds is 4. The molecule has 4 N–H and O–H groups in total. The molecule has 0 saturated heterocycles. The molecule has 0 aliphatic carbocycles. The summed E-state index contributed by atoms with van der Waals surface area (Å²) in [4.78, 5) is 4.08. The quantitative estimate of drug-likeness (QED) is 0.347. The van der Waals surface area contributed by atoms with Gasteiger partial charge < -0.3 is 5.73 Å². The summed E-state index contributed by atoms with van der Waals surface area (Å²) < 4.78 is 0. The first-order chi connectivity index (χ1) is 10.1. The zero-order valence-electron chi connectivity index (χ0n) is 11.2. The van der Waals surface area contributed by atoms with E-state index in [-0.39, 0.29) is 0 Å². The number of hydrogen-bond donors (Lipinski definition) is 3. The lowest BCUT2D eigenvalue weighted by Crippen LogP contribution is -2.81. The minimum Gasteiger partial charge on any atom is -0.322 e. The van der Waals surface area contributed by atoms with Gasteiger partial charge >= 0.3 is 0 Å². The Kier molecular flexibility index (Phi) is 6.04. The number of nitrogens with two attached hydrogens (primary N) is 1. The van der Waals surface area contributed by atoms with Crippen LogP contribution in [-0.4, -0.2) is 16.7 Å². The first-order valence-electron chi connectivity index (χ1n) is 6.26. The molecule has 3 nitrogen and oxygen atoms in total. The summed E-state index contributed by atoms with van der Waals surface area (Å²) in [5.74, 6) is 1.22. The molecular weight excluding hydrogens is 322 g/mol. The molecule has 0 aromatic heterocycles. The second-order valence-electron chi connectivity index (χ2n) is 4.21. The van der Waals surface area contributed by atoms with Crippen LogP contribution < -0.4 is 16.0 Å². The average Bonchev–Trinajstić information content (AvgIpc) is 2.47. The Morgan fingerprint density at radius 2 is 1.81 bits per heavy atom. The fourth-order valence-corrected chi connectivity index (χ4v) is 2.66. The molecule has 0 amide bonds. The topological polar surface area (TPSA) is 52.0 Å². The zero-order chi connectivity index (χ0) is 15.1. The smallest absolute Gasteiger partial charge is 0.292 e. The van der Waals surface area contributed by atoms with Crippen LogP contribution in [0.15, 0.2) is 59.5 Å². The highest BCUT2D eigenvalue weighted by Crippen LogP contribution is 2.19. The zero-order valence-corrected chi connectivity index (χ0v) is 13.6. The van der Waals surface area contributed by atoms with Gasteiger partial charge in [-0.05, 0) is 48.6 Å². The minimum absolute atomic E-state index is 0.482. The highest BCUT2D eigenvalue weighted by atomic mass is 35.5. The normalized spacial score (nSPS) is 11.2. The summed E-state index contributed by atoms with van der Waals surface area (Å²) in [5.41, 5.74) is 6.86. The average molecular weight is 337 g/mol. The van der Waals surface area contributed by atoms with E-state index in [1.807, 2.05) is 54.6 Å². The van der Waals surface area contributed by atoms with E-state index in [0.29, 0.717) is 16.7 Å². The fourth-order valence-electron chi connectivity index (χ4n) is 1.56. The molecule has 108 valence electrons. The number of thiocarbonyl (C=S) groups is 1. The van der Waals surface area contributed by atoms with Crippen LogP contribution in [-0.2, 0) is 0 Å². The van der Waals surface area contributed by atoms with Crippen LogP contribution in [0.3, 0.4) is 0 Å². The van der Waals surface area contributed by atoms with E-state index in [9.17, 15) is 0 Å². The molecule has 0 bridgehead atoms. The highest BCUT2D eigenvalue weighted by molar-refractivity contribution is 8.00. The summed E-state index contributed by atoms with van der Waals surface area (Å²) in [6, 6.07) is 17.3. The lowest BCUT2D eigenvalue weighted by Gasteiger charge is -2.01. The third-order valence-electron chi connectivity index (χ3n) is 2.51. The summed E-state index contributed by atoms with van der Waals surface area (Å²) in [5, 5.41) is 4.28. The third kappa shape index (κ3) is 5.75. The van der Waals surface area contributed by atoms with Crippen molar-refractivity contribution in [3.63, 3.8) is 0 Å². The SMILES string of the molecule is NC(CSc1ccc(Cl)cc1)=[NH+]C(=S)Nc1ccccc1. The monoisotopic (exact) mass is 336 g/mol. The van der Waals surface area contributed by atoms with Crippen molar-refractivity contribution in [1.29, 1.82) is 0 Å². The number of thioether (sulfide) groups is 1. The number of halogens is 1. The largest absolute Gasteiger partial charge is 0.322 e. The van der Waals surface area contributed by atoms with Gasteiger partial charge in [0.05, 0.1) is 11.4 Å². The molecule has 0 aliphatic heterocycles. The summed E-state index contributed by atoms with van der Waals surface area (Å²) in [6.07, 6.45) is 0. The van der Waals surface area contributed by atoms with Crippen molar-refractivity contribution in [2.24, 2.45) is 5.73 Å². The van der Waals surface area contributed by atoms with E-state index in [0.717, 1.165) is 15.6 Å². The van der Waals surface area contributed by atoms with Crippen LogP contribution in [0.2, 0.25) is 5.02 Å². The lowest BCUT2D eigenvalue weighted by atomic mass is 10.3. The van der Waals surface area contributed by atoms with Crippen LogP contribution >= 0.6 is 35.6 Å². The van der Waals surface area contributed by atoms with Gasteiger partial charge in [0.2, 0.25) is 5.84 Å². The number of nitrogens with one attached hydrogen (secondary N) is 2. The Labute approximate surface area is 138 Å². The van der Waals surface area contributed by atoms with Gasteiger partial charge in [-0.2, -0.15) is 0 Å². The molecule has 21 heavy (non-hydrogen) atoms. The number of amidine groups is 1. The molecule has 0 radical (unpaired) electrons. The van der Waals surface area contributed by atoms with Gasteiger partial charge in [-0.1, -0.05) is 29.8 Å². The van der Waals surface area contributed by atoms with Gasteiger partial charge in [0, 0.05) is 9.92 Å². The van der Waals surface area contributed by atoms with Gasteiger partial charge in [-0.3, -0.25) is 5.32 Å². The first kappa shape index (κ1) is 15.8. The highest BCUT2D eigenvalue weighted by Gasteiger charge is 2.04. The maximum Gasteiger partial charge on any atom is 0.292 e. The van der Waals surface area contributed by atoms with Crippen molar-refractivity contribution in [2.45, 2.75) is 4.90 Å². The molecule has 2 aromatic rings. The minimum atomic E-state index is 0.482. The predicted molar refractivity (Wildman–Crippen MR) is 95.0 cm³/mol. The molecule has 0 heterocycles. The fraction of sp³-hybridized carbons (Fsp3) is 0.0667. The lowest BCUT2D eigenvalue weighted by molar-refractivity contribution is -0.311. The van der Waals surface area contributed by atoms with Gasteiger partial charge in [0.1, 0.15) is 0 Å². The van der Waals surface area contributed by atoms with Crippen molar-refractivity contribution in [3.8, 4) is 0 Å². The van der Waals surface area contributed by atoms with E-state index in [2.05, 4.69) is 10.3 Å². The van der Waals surface area contributed by atoms with Crippen molar-refractivity contribution < 1.29 is 4.99 Å². The summed E-state index contributed by atoms with van der Waals surface area (Å²) >= 11 is 12.7. The van der Waals surface area contributed by atoms with Crippen molar-refractivity contribution in [1.82, 2.24) is 0 Å². The molecule has 6 heteroatoms. The number of anilines is 1. The van der Waals surface area contributed by atoms with Gasteiger partial charge in [0.15, 0.2) is 0 Å². The number of benzene rings is 2. The Morgan fingerprint density at radius 1 is 1.14 bits per heavy atom. The molecule has 0 unspecified atom stereocenters. The van der Waals surface area contributed by atoms with E-state index in [1.54, 1.807) is 11.8 Å².